The fourth-order valence-electron chi connectivity index (χ4n) is 4.44. The van der Waals surface area contributed by atoms with Gasteiger partial charge in [-0.1, -0.05) is 6.92 Å². The lowest BCUT2D eigenvalue weighted by atomic mass is 9.82. The summed E-state index contributed by atoms with van der Waals surface area (Å²) in [4.78, 5) is 5.42. The maximum absolute atomic E-state index is 3.59. The molecule has 3 aliphatic heterocycles. The minimum absolute atomic E-state index is 0.798. The summed E-state index contributed by atoms with van der Waals surface area (Å²) in [7, 11) is 2.33. The normalized spacial score (nSPS) is 43.7. The standard InChI is InChI=1S/C15H29N3/c1-12-5-7-16-10-15(12)18-9-6-14-13(11-18)4-3-8-17(14)2/h12-16H,3-11H2,1-2H3. The average Bonchev–Trinajstić information content (AvgIpc) is 2.39. The van der Waals surface area contributed by atoms with Crippen LogP contribution in [-0.4, -0.2) is 61.7 Å². The van der Waals surface area contributed by atoms with E-state index in [-0.39, 0.29) is 0 Å². The van der Waals surface area contributed by atoms with Crippen molar-refractivity contribution in [2.24, 2.45) is 11.8 Å². The molecule has 3 rings (SSSR count). The van der Waals surface area contributed by atoms with E-state index in [1.165, 1.54) is 58.4 Å². The van der Waals surface area contributed by atoms with Gasteiger partial charge in [0.15, 0.2) is 0 Å². The number of piperidine rings is 3. The second-order valence-electron chi connectivity index (χ2n) is 6.77. The van der Waals surface area contributed by atoms with Gasteiger partial charge in [-0.05, 0) is 57.7 Å². The Bertz CT molecular complexity index is 281. The van der Waals surface area contributed by atoms with Crippen LogP contribution in [0.5, 0.6) is 0 Å². The monoisotopic (exact) mass is 251 g/mol. The predicted octanol–water partition coefficient (Wildman–Crippen LogP) is 1.40. The van der Waals surface area contributed by atoms with Crippen LogP contribution in [0.15, 0.2) is 0 Å². The summed E-state index contributed by atoms with van der Waals surface area (Å²) in [6.45, 7) is 8.88. The lowest BCUT2D eigenvalue weighted by Crippen LogP contribution is -2.58. The second-order valence-corrected chi connectivity index (χ2v) is 6.77. The Kier molecular flexibility index (Phi) is 3.92. The van der Waals surface area contributed by atoms with Crippen LogP contribution in [0.2, 0.25) is 0 Å². The summed E-state index contributed by atoms with van der Waals surface area (Å²) in [6.07, 6.45) is 5.61. The second kappa shape index (κ2) is 5.48. The van der Waals surface area contributed by atoms with Gasteiger partial charge in [-0.25, -0.2) is 0 Å². The first-order valence-electron chi connectivity index (χ1n) is 7.90. The van der Waals surface area contributed by atoms with Gasteiger partial charge >= 0.3 is 0 Å². The summed E-state index contributed by atoms with van der Waals surface area (Å²) >= 11 is 0. The first-order valence-corrected chi connectivity index (χ1v) is 7.90. The Hall–Kier alpha value is -0.120. The molecule has 3 nitrogen and oxygen atoms in total. The molecular weight excluding hydrogens is 222 g/mol. The van der Waals surface area contributed by atoms with E-state index in [2.05, 4.69) is 29.1 Å². The molecule has 4 unspecified atom stereocenters. The highest BCUT2D eigenvalue weighted by molar-refractivity contribution is 4.93. The molecule has 3 heteroatoms. The maximum atomic E-state index is 3.59. The Labute approximate surface area is 112 Å². The molecular formula is C15H29N3. The molecule has 3 fully saturated rings. The highest BCUT2D eigenvalue weighted by Crippen LogP contribution is 2.32. The molecule has 0 saturated carbocycles. The fourth-order valence-corrected chi connectivity index (χ4v) is 4.44. The number of rotatable bonds is 1. The average molecular weight is 251 g/mol. The van der Waals surface area contributed by atoms with Crippen molar-refractivity contribution in [1.82, 2.24) is 15.1 Å². The number of nitrogens with one attached hydrogen (secondary N) is 1. The van der Waals surface area contributed by atoms with Crippen LogP contribution >= 0.6 is 0 Å². The van der Waals surface area contributed by atoms with E-state index in [0.29, 0.717) is 0 Å². The van der Waals surface area contributed by atoms with Gasteiger partial charge in [0.2, 0.25) is 0 Å². The van der Waals surface area contributed by atoms with Crippen LogP contribution in [0.25, 0.3) is 0 Å². The zero-order chi connectivity index (χ0) is 12.5. The highest BCUT2D eigenvalue weighted by Gasteiger charge is 2.37. The van der Waals surface area contributed by atoms with Gasteiger partial charge in [-0.15, -0.1) is 0 Å². The molecule has 0 aromatic rings. The van der Waals surface area contributed by atoms with Crippen LogP contribution in [0.4, 0.5) is 0 Å². The lowest BCUT2D eigenvalue weighted by molar-refractivity contribution is 0.00375. The molecule has 1 N–H and O–H groups in total. The fraction of sp³-hybridized carbons (Fsp3) is 1.00. The summed E-state index contributed by atoms with van der Waals surface area (Å²) < 4.78 is 0. The van der Waals surface area contributed by atoms with Crippen molar-refractivity contribution < 1.29 is 0 Å². The minimum atomic E-state index is 0.798. The molecule has 3 saturated heterocycles. The van der Waals surface area contributed by atoms with Gasteiger partial charge < -0.3 is 10.2 Å². The van der Waals surface area contributed by atoms with Crippen LogP contribution in [-0.2, 0) is 0 Å². The molecule has 104 valence electrons. The molecule has 18 heavy (non-hydrogen) atoms. The molecule has 0 radical (unpaired) electrons. The molecule has 0 aromatic carbocycles. The molecule has 3 heterocycles. The van der Waals surface area contributed by atoms with E-state index in [1.807, 2.05) is 0 Å². The third-order valence-corrected chi connectivity index (χ3v) is 5.63. The molecule has 0 amide bonds. The topological polar surface area (TPSA) is 18.5 Å². The molecule has 0 aromatic heterocycles. The Morgan fingerprint density at radius 1 is 1.06 bits per heavy atom. The van der Waals surface area contributed by atoms with Crippen molar-refractivity contribution in [3.05, 3.63) is 0 Å². The van der Waals surface area contributed by atoms with Gasteiger partial charge in [0.05, 0.1) is 0 Å². The molecule has 3 aliphatic rings. The van der Waals surface area contributed by atoms with E-state index in [4.69, 9.17) is 0 Å². The summed E-state index contributed by atoms with van der Waals surface area (Å²) in [5.41, 5.74) is 0. The lowest BCUT2D eigenvalue weighted by Gasteiger charge is -2.49. The molecule has 0 spiro atoms. The molecule has 4 atom stereocenters. The van der Waals surface area contributed by atoms with Crippen LogP contribution in [0, 0.1) is 11.8 Å². The van der Waals surface area contributed by atoms with Crippen molar-refractivity contribution in [1.29, 1.82) is 0 Å². The van der Waals surface area contributed by atoms with Gasteiger partial charge in [0.1, 0.15) is 0 Å². The van der Waals surface area contributed by atoms with E-state index in [9.17, 15) is 0 Å². The van der Waals surface area contributed by atoms with Crippen molar-refractivity contribution in [3.63, 3.8) is 0 Å². The Balaban J connectivity index is 1.62. The zero-order valence-corrected chi connectivity index (χ0v) is 12.1. The zero-order valence-electron chi connectivity index (χ0n) is 12.1. The van der Waals surface area contributed by atoms with Crippen LogP contribution in [0.1, 0.15) is 32.6 Å². The van der Waals surface area contributed by atoms with E-state index in [0.717, 1.165) is 23.9 Å². The SMILES string of the molecule is CC1CCNCC1N1CCC2C(CCCN2C)C1. The Morgan fingerprint density at radius 2 is 1.94 bits per heavy atom. The van der Waals surface area contributed by atoms with Crippen LogP contribution in [0.3, 0.4) is 0 Å². The van der Waals surface area contributed by atoms with Gasteiger partial charge in [0, 0.05) is 31.7 Å². The van der Waals surface area contributed by atoms with Crippen molar-refractivity contribution in [3.8, 4) is 0 Å². The number of hydrogen-bond acceptors (Lipinski definition) is 3. The van der Waals surface area contributed by atoms with Crippen molar-refractivity contribution >= 4 is 0 Å². The summed E-state index contributed by atoms with van der Waals surface area (Å²) in [5.74, 6) is 1.82. The maximum Gasteiger partial charge on any atom is 0.0246 e. The third-order valence-electron chi connectivity index (χ3n) is 5.63. The molecule has 0 bridgehead atoms. The first kappa shape index (κ1) is 12.9. The molecule has 0 aliphatic carbocycles. The van der Waals surface area contributed by atoms with E-state index >= 15 is 0 Å². The van der Waals surface area contributed by atoms with Crippen molar-refractivity contribution in [2.45, 2.75) is 44.7 Å². The number of hydrogen-bond donors (Lipinski definition) is 1. The Morgan fingerprint density at radius 3 is 2.78 bits per heavy atom. The quantitative estimate of drug-likeness (QED) is 0.760. The van der Waals surface area contributed by atoms with Gasteiger partial charge in [-0.3, -0.25) is 4.90 Å². The summed E-state index contributed by atoms with van der Waals surface area (Å²) in [5, 5.41) is 3.59. The van der Waals surface area contributed by atoms with Crippen molar-refractivity contribution in [2.75, 3.05) is 39.8 Å². The van der Waals surface area contributed by atoms with Gasteiger partial charge in [0.25, 0.3) is 0 Å². The number of likely N-dealkylation sites (tertiary alicyclic amines) is 2. The first-order chi connectivity index (χ1) is 8.75. The predicted molar refractivity (Wildman–Crippen MR) is 75.8 cm³/mol. The van der Waals surface area contributed by atoms with Gasteiger partial charge in [-0.2, -0.15) is 0 Å². The smallest absolute Gasteiger partial charge is 0.0246 e. The third kappa shape index (κ3) is 2.45. The van der Waals surface area contributed by atoms with E-state index < -0.39 is 0 Å². The largest absolute Gasteiger partial charge is 0.315 e. The summed E-state index contributed by atoms with van der Waals surface area (Å²) in [6, 6.07) is 1.67. The highest BCUT2D eigenvalue weighted by atomic mass is 15.2. The van der Waals surface area contributed by atoms with E-state index in [1.54, 1.807) is 0 Å². The number of nitrogens with zero attached hydrogens (tertiary/aromatic N) is 2. The minimum Gasteiger partial charge on any atom is -0.315 e. The van der Waals surface area contributed by atoms with Crippen LogP contribution < -0.4 is 5.32 Å². The number of fused-ring (bicyclic) bond motifs is 1.